The molecule has 3 N–H and O–H groups in total. The Hall–Kier alpha value is -1.69. The number of carbonyl (C=O) groups excluding carboxylic acids is 1. The normalized spacial score (nSPS) is 17.5. The van der Waals surface area contributed by atoms with Gasteiger partial charge in [0.2, 0.25) is 11.9 Å². The van der Waals surface area contributed by atoms with Gasteiger partial charge in [-0.25, -0.2) is 9.97 Å². The summed E-state index contributed by atoms with van der Waals surface area (Å²) in [7, 11) is 0. The van der Waals surface area contributed by atoms with Gasteiger partial charge in [-0.15, -0.1) is 0 Å². The minimum atomic E-state index is 0.144. The van der Waals surface area contributed by atoms with Crippen molar-refractivity contribution in [3.63, 3.8) is 0 Å². The van der Waals surface area contributed by atoms with Crippen molar-refractivity contribution < 1.29 is 4.79 Å². The zero-order valence-corrected chi connectivity index (χ0v) is 12.7. The second-order valence-electron chi connectivity index (χ2n) is 5.75. The molecule has 0 saturated carbocycles. The van der Waals surface area contributed by atoms with Gasteiger partial charge in [-0.05, 0) is 38.7 Å². The lowest BCUT2D eigenvalue weighted by Gasteiger charge is -2.32. The molecule has 21 heavy (non-hydrogen) atoms. The minimum Gasteiger partial charge on any atom is -0.353 e. The fourth-order valence-electron chi connectivity index (χ4n) is 2.56. The van der Waals surface area contributed by atoms with E-state index in [1.54, 1.807) is 12.4 Å². The van der Waals surface area contributed by atoms with Crippen LogP contribution < -0.4 is 16.0 Å². The van der Waals surface area contributed by atoms with E-state index < -0.39 is 0 Å². The number of piperidine rings is 1. The highest BCUT2D eigenvalue weighted by Crippen LogP contribution is 2.15. The van der Waals surface area contributed by atoms with E-state index in [0.717, 1.165) is 44.7 Å². The molecule has 0 spiro atoms. The van der Waals surface area contributed by atoms with E-state index in [4.69, 9.17) is 5.73 Å². The predicted octanol–water partition coefficient (Wildman–Crippen LogP) is 1.08. The largest absolute Gasteiger partial charge is 0.353 e. The lowest BCUT2D eigenvalue weighted by Crippen LogP contribution is -2.45. The van der Waals surface area contributed by atoms with Gasteiger partial charge in [-0.2, -0.15) is 0 Å². The Morgan fingerprint density at radius 1 is 1.43 bits per heavy atom. The monoisotopic (exact) mass is 291 g/mol. The molecule has 1 aromatic rings. The Balaban J connectivity index is 1.68. The van der Waals surface area contributed by atoms with Crippen LogP contribution in [0.3, 0.4) is 0 Å². The second-order valence-corrected chi connectivity index (χ2v) is 5.75. The first-order valence-electron chi connectivity index (χ1n) is 7.72. The van der Waals surface area contributed by atoms with Crippen molar-refractivity contribution in [1.82, 2.24) is 15.3 Å². The molecule has 1 fully saturated rings. The third kappa shape index (κ3) is 5.30. The molecule has 1 saturated heterocycles. The fraction of sp³-hybridized carbons (Fsp3) is 0.667. The highest BCUT2D eigenvalue weighted by molar-refractivity contribution is 5.76. The van der Waals surface area contributed by atoms with E-state index in [9.17, 15) is 4.79 Å². The first-order valence-corrected chi connectivity index (χ1v) is 7.72. The molecule has 1 aliphatic heterocycles. The molecule has 0 aliphatic carbocycles. The van der Waals surface area contributed by atoms with Crippen LogP contribution >= 0.6 is 0 Å². The zero-order chi connectivity index (χ0) is 15.1. The highest BCUT2D eigenvalue weighted by atomic mass is 16.1. The Morgan fingerprint density at radius 2 is 2.10 bits per heavy atom. The molecule has 0 radical (unpaired) electrons. The standard InChI is InChI=1S/C15H25N5O/c1-12(16)4-2-5-14(21)19-13-6-10-20(11-7-13)15-17-8-3-9-18-15/h3,8-9,12-13H,2,4-7,10-11,16H2,1H3,(H,19,21). The van der Waals surface area contributed by atoms with E-state index in [1.807, 2.05) is 13.0 Å². The number of hydrogen-bond donors (Lipinski definition) is 2. The van der Waals surface area contributed by atoms with Crippen LogP contribution in [0.5, 0.6) is 0 Å². The molecule has 1 amide bonds. The summed E-state index contributed by atoms with van der Waals surface area (Å²) in [4.78, 5) is 22.5. The predicted molar refractivity (Wildman–Crippen MR) is 82.9 cm³/mol. The second kappa shape index (κ2) is 7.93. The first kappa shape index (κ1) is 15.7. The van der Waals surface area contributed by atoms with Crippen molar-refractivity contribution in [3.8, 4) is 0 Å². The lowest BCUT2D eigenvalue weighted by atomic mass is 10.0. The summed E-state index contributed by atoms with van der Waals surface area (Å²) in [5.41, 5.74) is 5.68. The summed E-state index contributed by atoms with van der Waals surface area (Å²) in [6, 6.07) is 2.26. The smallest absolute Gasteiger partial charge is 0.225 e. The molecule has 1 aliphatic rings. The Kier molecular flexibility index (Phi) is 5.92. The maximum atomic E-state index is 11.9. The van der Waals surface area contributed by atoms with E-state index in [1.165, 1.54) is 0 Å². The minimum absolute atomic E-state index is 0.144. The number of amides is 1. The van der Waals surface area contributed by atoms with Crippen LogP contribution in [0.1, 0.15) is 39.0 Å². The topological polar surface area (TPSA) is 84.1 Å². The molecule has 2 rings (SSSR count). The van der Waals surface area contributed by atoms with Crippen molar-refractivity contribution in [2.45, 2.75) is 51.1 Å². The van der Waals surface area contributed by atoms with Crippen LogP contribution in [0.15, 0.2) is 18.5 Å². The highest BCUT2D eigenvalue weighted by Gasteiger charge is 2.21. The van der Waals surface area contributed by atoms with Gasteiger partial charge in [0.25, 0.3) is 0 Å². The van der Waals surface area contributed by atoms with Gasteiger partial charge in [-0.1, -0.05) is 0 Å². The van der Waals surface area contributed by atoms with E-state index in [-0.39, 0.29) is 18.0 Å². The van der Waals surface area contributed by atoms with Gasteiger partial charge >= 0.3 is 0 Å². The van der Waals surface area contributed by atoms with Gasteiger partial charge in [0, 0.05) is 44.0 Å². The van der Waals surface area contributed by atoms with Gasteiger partial charge in [0.15, 0.2) is 0 Å². The number of nitrogens with zero attached hydrogens (tertiary/aromatic N) is 3. The van der Waals surface area contributed by atoms with Crippen molar-refractivity contribution in [2.75, 3.05) is 18.0 Å². The Morgan fingerprint density at radius 3 is 2.71 bits per heavy atom. The molecule has 1 unspecified atom stereocenters. The number of rotatable bonds is 6. The number of nitrogens with two attached hydrogens (primary N) is 1. The SMILES string of the molecule is CC(N)CCCC(=O)NC1CCN(c2ncccn2)CC1. The van der Waals surface area contributed by atoms with Gasteiger partial charge < -0.3 is 16.0 Å². The van der Waals surface area contributed by atoms with Crippen LogP contribution in [0.2, 0.25) is 0 Å². The summed E-state index contributed by atoms with van der Waals surface area (Å²) in [6.07, 6.45) is 7.73. The van der Waals surface area contributed by atoms with Crippen LogP contribution in [-0.4, -0.2) is 41.0 Å². The number of nitrogens with one attached hydrogen (secondary N) is 1. The summed E-state index contributed by atoms with van der Waals surface area (Å²) in [6.45, 7) is 3.74. The molecular formula is C15H25N5O. The van der Waals surface area contributed by atoms with Crippen LogP contribution in [0.25, 0.3) is 0 Å². The molecule has 0 bridgehead atoms. The lowest BCUT2D eigenvalue weighted by molar-refractivity contribution is -0.122. The van der Waals surface area contributed by atoms with Crippen LogP contribution in [-0.2, 0) is 4.79 Å². The molecule has 6 nitrogen and oxygen atoms in total. The third-order valence-electron chi connectivity index (χ3n) is 3.76. The molecule has 2 heterocycles. The quantitative estimate of drug-likeness (QED) is 0.819. The Bertz CT molecular complexity index is 429. The van der Waals surface area contributed by atoms with Gasteiger partial charge in [0.1, 0.15) is 0 Å². The Labute approximate surface area is 126 Å². The summed E-state index contributed by atoms with van der Waals surface area (Å²) in [5, 5.41) is 3.12. The summed E-state index contributed by atoms with van der Waals surface area (Å²) in [5.74, 6) is 0.921. The van der Waals surface area contributed by atoms with E-state index in [2.05, 4.69) is 20.2 Å². The van der Waals surface area contributed by atoms with Gasteiger partial charge in [0.05, 0.1) is 0 Å². The number of carbonyl (C=O) groups is 1. The number of anilines is 1. The first-order chi connectivity index (χ1) is 10.1. The third-order valence-corrected chi connectivity index (χ3v) is 3.76. The van der Waals surface area contributed by atoms with Crippen molar-refractivity contribution >= 4 is 11.9 Å². The number of aromatic nitrogens is 2. The van der Waals surface area contributed by atoms with E-state index in [0.29, 0.717) is 6.42 Å². The van der Waals surface area contributed by atoms with Crippen molar-refractivity contribution in [1.29, 1.82) is 0 Å². The molecule has 1 aromatic heterocycles. The fourth-order valence-corrected chi connectivity index (χ4v) is 2.56. The van der Waals surface area contributed by atoms with Crippen molar-refractivity contribution in [3.05, 3.63) is 18.5 Å². The van der Waals surface area contributed by atoms with Gasteiger partial charge in [-0.3, -0.25) is 4.79 Å². The number of hydrogen-bond acceptors (Lipinski definition) is 5. The average molecular weight is 291 g/mol. The molecular weight excluding hydrogens is 266 g/mol. The molecule has 1 atom stereocenters. The average Bonchev–Trinajstić information content (AvgIpc) is 2.48. The molecule has 0 aromatic carbocycles. The maximum absolute atomic E-state index is 11.9. The molecule has 6 heteroatoms. The van der Waals surface area contributed by atoms with Crippen LogP contribution in [0, 0.1) is 0 Å². The summed E-state index contributed by atoms with van der Waals surface area (Å²) >= 11 is 0. The summed E-state index contributed by atoms with van der Waals surface area (Å²) < 4.78 is 0. The molecule has 116 valence electrons. The maximum Gasteiger partial charge on any atom is 0.225 e. The van der Waals surface area contributed by atoms with E-state index >= 15 is 0 Å². The van der Waals surface area contributed by atoms with Crippen molar-refractivity contribution in [2.24, 2.45) is 5.73 Å². The van der Waals surface area contributed by atoms with Crippen LogP contribution in [0.4, 0.5) is 5.95 Å². The zero-order valence-electron chi connectivity index (χ0n) is 12.7.